The molecule has 1 atom stereocenters. The van der Waals surface area contributed by atoms with Gasteiger partial charge in [0.25, 0.3) is 5.91 Å². The van der Waals surface area contributed by atoms with E-state index in [0.29, 0.717) is 6.29 Å². The lowest BCUT2D eigenvalue weighted by Crippen LogP contribution is -2.33. The van der Waals surface area contributed by atoms with Gasteiger partial charge in [-0.2, -0.15) is 0 Å². The average Bonchev–Trinajstić information content (AvgIpc) is 2.37. The molecule has 18 heavy (non-hydrogen) atoms. The first kappa shape index (κ1) is 13.6. The smallest absolute Gasteiger partial charge is 0.310 e. The van der Waals surface area contributed by atoms with Crippen molar-refractivity contribution in [3.8, 4) is 5.75 Å². The molecular weight excluding hydrogens is 240 g/mol. The summed E-state index contributed by atoms with van der Waals surface area (Å²) in [6.07, 6.45) is -0.350. The summed E-state index contributed by atoms with van der Waals surface area (Å²) < 4.78 is 5.19. The first-order valence-corrected chi connectivity index (χ1v) is 5.11. The molecule has 1 N–H and O–H groups in total. The van der Waals surface area contributed by atoms with Crippen LogP contribution in [0.25, 0.3) is 0 Å². The number of nitro benzene ring substituents is 1. The Morgan fingerprint density at radius 2 is 2.22 bits per heavy atom. The number of hydrogen-bond donors (Lipinski definition) is 1. The zero-order valence-electron chi connectivity index (χ0n) is 9.88. The molecule has 0 aliphatic carbocycles. The van der Waals surface area contributed by atoms with Crippen LogP contribution in [0.3, 0.4) is 0 Å². The number of benzene rings is 1. The summed E-state index contributed by atoms with van der Waals surface area (Å²) in [6.45, 7) is 1.45. The number of carbonyl (C=O) groups is 2. The molecule has 0 heterocycles. The van der Waals surface area contributed by atoms with Crippen LogP contribution in [-0.4, -0.2) is 30.3 Å². The van der Waals surface area contributed by atoms with Crippen LogP contribution in [0.2, 0.25) is 0 Å². The van der Waals surface area contributed by atoms with Crippen molar-refractivity contribution < 1.29 is 19.2 Å². The molecule has 0 fully saturated rings. The van der Waals surface area contributed by atoms with Crippen LogP contribution >= 0.6 is 0 Å². The van der Waals surface area contributed by atoms with Gasteiger partial charge in [-0.25, -0.2) is 0 Å². The van der Waals surface area contributed by atoms with E-state index < -0.39 is 16.9 Å². The summed E-state index contributed by atoms with van der Waals surface area (Å²) in [5.74, 6) is -0.526. The minimum absolute atomic E-state index is 0.110. The van der Waals surface area contributed by atoms with Crippen molar-refractivity contribution in [3.05, 3.63) is 33.9 Å². The van der Waals surface area contributed by atoms with Crippen LogP contribution in [0, 0.1) is 10.1 Å². The average molecular weight is 252 g/mol. The van der Waals surface area contributed by atoms with E-state index in [-0.39, 0.29) is 17.0 Å². The molecule has 0 aromatic heterocycles. The molecule has 96 valence electrons. The highest BCUT2D eigenvalue weighted by Crippen LogP contribution is 2.28. The zero-order chi connectivity index (χ0) is 13.7. The summed E-state index contributed by atoms with van der Waals surface area (Å²) >= 11 is 0. The number of likely N-dealkylation sites (N-methyl/N-ethyl adjacent to an activating group) is 1. The van der Waals surface area contributed by atoms with Gasteiger partial charge < -0.3 is 10.1 Å². The van der Waals surface area contributed by atoms with Gasteiger partial charge in [0.05, 0.1) is 4.92 Å². The fourth-order valence-corrected chi connectivity index (χ4v) is 1.30. The van der Waals surface area contributed by atoms with Crippen molar-refractivity contribution in [1.29, 1.82) is 0 Å². The highest BCUT2D eigenvalue weighted by molar-refractivity contribution is 5.81. The van der Waals surface area contributed by atoms with Crippen LogP contribution in [0.1, 0.15) is 17.3 Å². The summed E-state index contributed by atoms with van der Waals surface area (Å²) in [7, 11) is 1.43. The lowest BCUT2D eigenvalue weighted by molar-refractivity contribution is -0.386. The molecule has 1 aromatic carbocycles. The topological polar surface area (TPSA) is 98.5 Å². The molecule has 0 aliphatic heterocycles. The number of aldehydes is 1. The molecule has 0 radical (unpaired) electrons. The van der Waals surface area contributed by atoms with Crippen LogP contribution < -0.4 is 10.1 Å². The zero-order valence-corrected chi connectivity index (χ0v) is 9.88. The number of carbonyl (C=O) groups excluding carboxylic acids is 2. The van der Waals surface area contributed by atoms with E-state index in [0.717, 1.165) is 6.07 Å². The Morgan fingerprint density at radius 3 is 2.72 bits per heavy atom. The maximum atomic E-state index is 11.3. The van der Waals surface area contributed by atoms with E-state index in [4.69, 9.17) is 4.74 Å². The summed E-state index contributed by atoms with van der Waals surface area (Å²) in [5, 5.41) is 13.1. The molecule has 1 aromatic rings. The summed E-state index contributed by atoms with van der Waals surface area (Å²) in [5.41, 5.74) is -0.0592. The van der Waals surface area contributed by atoms with E-state index in [1.54, 1.807) is 0 Å². The van der Waals surface area contributed by atoms with E-state index in [1.807, 2.05) is 0 Å². The lowest BCUT2D eigenvalue weighted by atomic mass is 10.2. The fourth-order valence-electron chi connectivity index (χ4n) is 1.30. The molecule has 0 aliphatic rings. The van der Waals surface area contributed by atoms with Gasteiger partial charge >= 0.3 is 5.69 Å². The van der Waals surface area contributed by atoms with Crippen LogP contribution in [0.4, 0.5) is 5.69 Å². The molecular formula is C11H12N2O5. The largest absolute Gasteiger partial charge is 0.474 e. The van der Waals surface area contributed by atoms with Crippen molar-refractivity contribution >= 4 is 17.9 Å². The van der Waals surface area contributed by atoms with Gasteiger partial charge in [0, 0.05) is 18.7 Å². The van der Waals surface area contributed by atoms with Gasteiger partial charge in [-0.3, -0.25) is 19.7 Å². The van der Waals surface area contributed by atoms with Crippen LogP contribution in [0.15, 0.2) is 18.2 Å². The van der Waals surface area contributed by atoms with Crippen molar-refractivity contribution in [2.24, 2.45) is 0 Å². The summed E-state index contributed by atoms with van der Waals surface area (Å²) in [6, 6.07) is 3.70. The van der Waals surface area contributed by atoms with E-state index in [9.17, 15) is 19.7 Å². The molecule has 1 rings (SSSR count). The third-order valence-electron chi connectivity index (χ3n) is 2.24. The SMILES string of the molecule is CNC(=O)C(C)Oc1cc(C=O)ccc1[N+](=O)[O-]. The van der Waals surface area contributed by atoms with Crippen LogP contribution in [0.5, 0.6) is 5.75 Å². The van der Waals surface area contributed by atoms with E-state index in [2.05, 4.69) is 5.32 Å². The van der Waals surface area contributed by atoms with Gasteiger partial charge in [0.2, 0.25) is 0 Å². The Hall–Kier alpha value is -2.44. The summed E-state index contributed by atoms with van der Waals surface area (Å²) in [4.78, 5) is 32.0. The monoisotopic (exact) mass is 252 g/mol. The molecule has 0 bridgehead atoms. The molecule has 0 spiro atoms. The van der Waals surface area contributed by atoms with Crippen molar-refractivity contribution in [2.75, 3.05) is 7.05 Å². The number of amides is 1. The van der Waals surface area contributed by atoms with E-state index >= 15 is 0 Å². The molecule has 0 saturated carbocycles. The predicted molar refractivity (Wildman–Crippen MR) is 62.6 cm³/mol. The van der Waals surface area contributed by atoms with Crippen molar-refractivity contribution in [2.45, 2.75) is 13.0 Å². The maximum absolute atomic E-state index is 11.3. The lowest BCUT2D eigenvalue weighted by Gasteiger charge is -2.13. The molecule has 0 saturated heterocycles. The Labute approximate surface area is 103 Å². The standard InChI is InChI=1S/C11H12N2O5/c1-7(11(15)12-2)18-10-5-8(6-14)3-4-9(10)13(16)17/h3-7H,1-2H3,(H,12,15). The molecule has 7 nitrogen and oxygen atoms in total. The molecule has 1 amide bonds. The number of hydrogen-bond acceptors (Lipinski definition) is 5. The Kier molecular flexibility index (Phi) is 4.36. The van der Waals surface area contributed by atoms with Crippen molar-refractivity contribution in [1.82, 2.24) is 5.32 Å². The fraction of sp³-hybridized carbons (Fsp3) is 0.273. The van der Waals surface area contributed by atoms with Crippen LogP contribution in [-0.2, 0) is 4.79 Å². The highest BCUT2D eigenvalue weighted by atomic mass is 16.6. The van der Waals surface area contributed by atoms with Gasteiger partial charge in [-0.05, 0) is 19.1 Å². The second kappa shape index (κ2) is 5.76. The molecule has 7 heteroatoms. The number of nitro groups is 1. The Morgan fingerprint density at radius 1 is 1.56 bits per heavy atom. The van der Waals surface area contributed by atoms with Gasteiger partial charge in [-0.1, -0.05) is 0 Å². The number of nitrogens with one attached hydrogen (secondary N) is 1. The second-order valence-corrected chi connectivity index (χ2v) is 3.48. The minimum atomic E-state index is -0.893. The van der Waals surface area contributed by atoms with Gasteiger partial charge in [0.15, 0.2) is 11.9 Å². The van der Waals surface area contributed by atoms with Gasteiger partial charge in [0.1, 0.15) is 6.29 Å². The third-order valence-corrected chi connectivity index (χ3v) is 2.24. The molecule has 1 unspecified atom stereocenters. The first-order chi connectivity index (χ1) is 8.49. The Bertz CT molecular complexity index is 486. The minimum Gasteiger partial charge on any atom is -0.474 e. The predicted octanol–water partition coefficient (Wildman–Crippen LogP) is 0.921. The maximum Gasteiger partial charge on any atom is 0.310 e. The number of ether oxygens (including phenoxy) is 1. The highest BCUT2D eigenvalue weighted by Gasteiger charge is 2.20. The van der Waals surface area contributed by atoms with E-state index in [1.165, 1.54) is 26.1 Å². The Balaban J connectivity index is 3.08. The second-order valence-electron chi connectivity index (χ2n) is 3.48. The normalized spacial score (nSPS) is 11.4. The quantitative estimate of drug-likeness (QED) is 0.477. The first-order valence-electron chi connectivity index (χ1n) is 5.11. The van der Waals surface area contributed by atoms with Crippen molar-refractivity contribution in [3.63, 3.8) is 0 Å². The third kappa shape index (κ3) is 3.03. The number of nitrogens with zero attached hydrogens (tertiary/aromatic N) is 1. The number of rotatable bonds is 5. The van der Waals surface area contributed by atoms with Gasteiger partial charge in [-0.15, -0.1) is 0 Å².